The summed E-state index contributed by atoms with van der Waals surface area (Å²) in [5.41, 5.74) is 1.28. The maximum absolute atomic E-state index is 5.85. The van der Waals surface area contributed by atoms with Crippen LogP contribution in [0.2, 0.25) is 0 Å². The molecule has 0 aliphatic heterocycles. The first kappa shape index (κ1) is 12.5. The van der Waals surface area contributed by atoms with Crippen molar-refractivity contribution in [3.8, 4) is 0 Å². The summed E-state index contributed by atoms with van der Waals surface area (Å²) in [6.07, 6.45) is 10.8. The number of hydrogen-bond acceptors (Lipinski definition) is 3. The molecule has 1 heterocycles. The van der Waals surface area contributed by atoms with Crippen LogP contribution in [0.5, 0.6) is 0 Å². The van der Waals surface area contributed by atoms with Crippen molar-refractivity contribution in [3.63, 3.8) is 0 Å². The quantitative estimate of drug-likeness (QED) is 0.768. The predicted octanol–water partition coefficient (Wildman–Crippen LogP) is 2.52. The molecule has 0 saturated heterocycles. The highest BCUT2D eigenvalue weighted by molar-refractivity contribution is 5.08. The molecular weight excluding hydrogens is 212 g/mol. The van der Waals surface area contributed by atoms with Gasteiger partial charge in [0.2, 0.25) is 0 Å². The Kier molecular flexibility index (Phi) is 5.46. The first-order valence-electron chi connectivity index (χ1n) is 6.66. The van der Waals surface area contributed by atoms with Crippen LogP contribution < -0.4 is 5.32 Å². The van der Waals surface area contributed by atoms with E-state index in [0.717, 1.165) is 19.7 Å². The third-order valence-corrected chi connectivity index (χ3v) is 3.26. The van der Waals surface area contributed by atoms with Crippen LogP contribution in [0.4, 0.5) is 0 Å². The van der Waals surface area contributed by atoms with Crippen LogP contribution in [0.1, 0.15) is 37.7 Å². The maximum Gasteiger partial charge on any atom is 0.0594 e. The molecule has 0 radical (unpaired) electrons. The van der Waals surface area contributed by atoms with Gasteiger partial charge in [-0.05, 0) is 30.5 Å². The summed E-state index contributed by atoms with van der Waals surface area (Å²) in [7, 11) is 0. The molecule has 0 spiro atoms. The van der Waals surface area contributed by atoms with Crippen molar-refractivity contribution >= 4 is 0 Å². The summed E-state index contributed by atoms with van der Waals surface area (Å²) in [6.45, 7) is 2.66. The number of aromatic nitrogens is 1. The Hall–Kier alpha value is -0.930. The Morgan fingerprint density at radius 2 is 1.94 bits per heavy atom. The zero-order valence-electron chi connectivity index (χ0n) is 10.4. The van der Waals surface area contributed by atoms with E-state index >= 15 is 0 Å². The van der Waals surface area contributed by atoms with E-state index in [9.17, 15) is 0 Å². The Morgan fingerprint density at radius 1 is 1.18 bits per heavy atom. The molecular formula is C14H22N2O. The van der Waals surface area contributed by atoms with Crippen molar-refractivity contribution < 1.29 is 4.74 Å². The summed E-state index contributed by atoms with van der Waals surface area (Å²) in [5.74, 6) is 0. The van der Waals surface area contributed by atoms with Crippen molar-refractivity contribution in [1.29, 1.82) is 0 Å². The lowest BCUT2D eigenvalue weighted by Crippen LogP contribution is -2.24. The molecule has 1 saturated carbocycles. The van der Waals surface area contributed by atoms with E-state index in [1.165, 1.54) is 37.7 Å². The largest absolute Gasteiger partial charge is 0.377 e. The smallest absolute Gasteiger partial charge is 0.0594 e. The van der Waals surface area contributed by atoms with Gasteiger partial charge in [0.15, 0.2) is 0 Å². The summed E-state index contributed by atoms with van der Waals surface area (Å²) < 4.78 is 5.85. The van der Waals surface area contributed by atoms with Gasteiger partial charge in [-0.2, -0.15) is 0 Å². The minimum atomic E-state index is 0.520. The highest BCUT2D eigenvalue weighted by atomic mass is 16.5. The normalized spacial score (nSPS) is 17.2. The molecule has 2 rings (SSSR count). The molecule has 3 heteroatoms. The number of rotatable bonds is 6. The molecule has 1 aliphatic carbocycles. The Labute approximate surface area is 104 Å². The lowest BCUT2D eigenvalue weighted by Gasteiger charge is -2.22. The minimum Gasteiger partial charge on any atom is -0.377 e. The molecule has 0 atom stereocenters. The third kappa shape index (κ3) is 4.84. The van der Waals surface area contributed by atoms with Crippen molar-refractivity contribution in [3.05, 3.63) is 30.1 Å². The van der Waals surface area contributed by atoms with Gasteiger partial charge in [0.05, 0.1) is 12.7 Å². The fraction of sp³-hybridized carbons (Fsp3) is 0.643. The zero-order chi connectivity index (χ0) is 11.8. The van der Waals surface area contributed by atoms with Crippen LogP contribution in [-0.2, 0) is 11.3 Å². The second-order valence-electron chi connectivity index (χ2n) is 4.66. The molecule has 0 aromatic carbocycles. The topological polar surface area (TPSA) is 34.1 Å². The monoisotopic (exact) mass is 234 g/mol. The van der Waals surface area contributed by atoms with Crippen LogP contribution in [0.3, 0.4) is 0 Å². The van der Waals surface area contributed by atoms with Gasteiger partial charge in [-0.25, -0.2) is 0 Å². The SMILES string of the molecule is c1cc(CNCCOC2CCCCC2)ccn1. The molecule has 17 heavy (non-hydrogen) atoms. The van der Waals surface area contributed by atoms with Crippen LogP contribution in [0.25, 0.3) is 0 Å². The van der Waals surface area contributed by atoms with E-state index in [4.69, 9.17) is 4.74 Å². The van der Waals surface area contributed by atoms with Crippen molar-refractivity contribution in [1.82, 2.24) is 10.3 Å². The van der Waals surface area contributed by atoms with Gasteiger partial charge in [-0.15, -0.1) is 0 Å². The highest BCUT2D eigenvalue weighted by Crippen LogP contribution is 2.19. The van der Waals surface area contributed by atoms with Crippen LogP contribution in [0, 0.1) is 0 Å². The van der Waals surface area contributed by atoms with Crippen LogP contribution in [-0.4, -0.2) is 24.2 Å². The number of hydrogen-bond donors (Lipinski definition) is 1. The predicted molar refractivity (Wildman–Crippen MR) is 68.8 cm³/mol. The Morgan fingerprint density at radius 3 is 2.71 bits per heavy atom. The van der Waals surface area contributed by atoms with E-state index in [1.54, 1.807) is 0 Å². The fourth-order valence-electron chi connectivity index (χ4n) is 2.26. The van der Waals surface area contributed by atoms with E-state index in [1.807, 2.05) is 24.5 Å². The number of ether oxygens (including phenoxy) is 1. The Bertz CT molecular complexity index is 296. The average molecular weight is 234 g/mol. The zero-order valence-corrected chi connectivity index (χ0v) is 10.4. The summed E-state index contributed by atoms with van der Waals surface area (Å²) in [5, 5.41) is 3.39. The van der Waals surface area contributed by atoms with Gasteiger partial charge in [0, 0.05) is 25.5 Å². The minimum absolute atomic E-state index is 0.520. The summed E-state index contributed by atoms with van der Waals surface area (Å²) in [6, 6.07) is 4.07. The Balaban J connectivity index is 1.51. The molecule has 0 amide bonds. The molecule has 1 fully saturated rings. The van der Waals surface area contributed by atoms with Crippen LogP contribution >= 0.6 is 0 Å². The number of pyridine rings is 1. The molecule has 94 valence electrons. The highest BCUT2D eigenvalue weighted by Gasteiger charge is 2.12. The maximum atomic E-state index is 5.85. The van der Waals surface area contributed by atoms with Gasteiger partial charge < -0.3 is 10.1 Å². The second-order valence-corrected chi connectivity index (χ2v) is 4.66. The van der Waals surface area contributed by atoms with Crippen LogP contribution in [0.15, 0.2) is 24.5 Å². The fourth-order valence-corrected chi connectivity index (χ4v) is 2.26. The number of nitrogens with one attached hydrogen (secondary N) is 1. The first-order chi connectivity index (χ1) is 8.45. The first-order valence-corrected chi connectivity index (χ1v) is 6.66. The molecule has 0 unspecified atom stereocenters. The molecule has 1 N–H and O–H groups in total. The summed E-state index contributed by atoms with van der Waals surface area (Å²) in [4.78, 5) is 4.00. The third-order valence-electron chi connectivity index (χ3n) is 3.26. The summed E-state index contributed by atoms with van der Waals surface area (Å²) >= 11 is 0. The van der Waals surface area contributed by atoms with E-state index < -0.39 is 0 Å². The lowest BCUT2D eigenvalue weighted by atomic mass is 9.98. The second kappa shape index (κ2) is 7.41. The van der Waals surface area contributed by atoms with Gasteiger partial charge in [0.1, 0.15) is 0 Å². The molecule has 3 nitrogen and oxygen atoms in total. The van der Waals surface area contributed by atoms with Gasteiger partial charge in [-0.3, -0.25) is 4.98 Å². The molecule has 1 aromatic rings. The van der Waals surface area contributed by atoms with Crippen molar-refractivity contribution in [2.24, 2.45) is 0 Å². The molecule has 1 aliphatic rings. The van der Waals surface area contributed by atoms with Gasteiger partial charge >= 0.3 is 0 Å². The van der Waals surface area contributed by atoms with E-state index in [2.05, 4.69) is 10.3 Å². The van der Waals surface area contributed by atoms with E-state index in [-0.39, 0.29) is 0 Å². The average Bonchev–Trinajstić information content (AvgIpc) is 2.41. The van der Waals surface area contributed by atoms with Gasteiger partial charge in [-0.1, -0.05) is 19.3 Å². The van der Waals surface area contributed by atoms with Crippen molar-refractivity contribution in [2.45, 2.75) is 44.8 Å². The van der Waals surface area contributed by atoms with Gasteiger partial charge in [0.25, 0.3) is 0 Å². The standard InChI is InChI=1S/C14H22N2O/c1-2-4-14(5-3-1)17-11-10-16-12-13-6-8-15-9-7-13/h6-9,14,16H,1-5,10-12H2. The molecule has 1 aromatic heterocycles. The lowest BCUT2D eigenvalue weighted by molar-refractivity contribution is 0.0302. The number of nitrogens with zero attached hydrogens (tertiary/aromatic N) is 1. The molecule has 0 bridgehead atoms. The van der Waals surface area contributed by atoms with E-state index in [0.29, 0.717) is 6.10 Å². The van der Waals surface area contributed by atoms with Crippen molar-refractivity contribution in [2.75, 3.05) is 13.2 Å².